The van der Waals surface area contributed by atoms with Gasteiger partial charge in [0.25, 0.3) is 0 Å². The first-order valence-electron chi connectivity index (χ1n) is 12.7. The molecule has 2 aliphatic heterocycles. The van der Waals surface area contributed by atoms with E-state index in [-0.39, 0.29) is 5.82 Å². The number of benzene rings is 1. The van der Waals surface area contributed by atoms with Gasteiger partial charge in [-0.05, 0) is 18.6 Å². The zero-order chi connectivity index (χ0) is 28.3. The summed E-state index contributed by atoms with van der Waals surface area (Å²) < 4.78 is 45.6. The van der Waals surface area contributed by atoms with Crippen LogP contribution < -0.4 is 10.6 Å². The van der Waals surface area contributed by atoms with Crippen molar-refractivity contribution in [3.8, 4) is 0 Å². The maximum absolute atomic E-state index is 12.8. The molecule has 0 spiro atoms. The molecule has 1 unspecified atom stereocenters. The number of nitrogens with zero attached hydrogens (tertiary/aromatic N) is 4. The molecular weight excluding hydrogens is 544 g/mol. The number of carbonyl (C=O) groups excluding carboxylic acids is 1. The molecule has 0 bridgehead atoms. The van der Waals surface area contributed by atoms with E-state index >= 15 is 0 Å². The van der Waals surface area contributed by atoms with Crippen LogP contribution in [-0.4, -0.2) is 99.5 Å². The van der Waals surface area contributed by atoms with Gasteiger partial charge in [-0.2, -0.15) is 0 Å². The number of nitrogens with one attached hydrogen (secondary N) is 2. The molecule has 214 valence electrons. The van der Waals surface area contributed by atoms with Gasteiger partial charge < -0.3 is 29.7 Å². The highest BCUT2D eigenvalue weighted by Crippen LogP contribution is 2.41. The summed E-state index contributed by atoms with van der Waals surface area (Å²) in [5.74, 6) is -0.903. The predicted molar refractivity (Wildman–Crippen MR) is 143 cm³/mol. The SMILES string of the molecule is CCNC(=O)Nc1ncnc2c1ncn2[C@@H]1O[C@H](CS(=O)(=O)CC(O)CO)[C@H]2O[C@H](/C=C/c3ccccc3)O[C@H]21. The Morgan fingerprint density at radius 2 is 1.93 bits per heavy atom. The Kier molecular flexibility index (Phi) is 8.39. The summed E-state index contributed by atoms with van der Waals surface area (Å²) in [5, 5.41) is 24.1. The fourth-order valence-electron chi connectivity index (χ4n) is 4.67. The number of aliphatic hydroxyl groups is 2. The Balaban J connectivity index is 1.43. The van der Waals surface area contributed by atoms with Crippen molar-refractivity contribution in [3.63, 3.8) is 0 Å². The third-order valence-corrected chi connectivity index (χ3v) is 8.12. The number of anilines is 1. The van der Waals surface area contributed by atoms with Crippen LogP contribution in [-0.2, 0) is 24.0 Å². The van der Waals surface area contributed by atoms with Gasteiger partial charge in [0.15, 0.2) is 39.3 Å². The minimum atomic E-state index is -3.84. The Bertz CT molecular complexity index is 1470. The molecule has 40 heavy (non-hydrogen) atoms. The van der Waals surface area contributed by atoms with Gasteiger partial charge in [0.2, 0.25) is 0 Å². The van der Waals surface area contributed by atoms with E-state index in [1.54, 1.807) is 17.6 Å². The molecular formula is C25H30N6O8S. The minimum absolute atomic E-state index is 0.189. The summed E-state index contributed by atoms with van der Waals surface area (Å²) in [7, 11) is -3.84. The lowest BCUT2D eigenvalue weighted by Crippen LogP contribution is -2.37. The summed E-state index contributed by atoms with van der Waals surface area (Å²) in [6.07, 6.45) is 0.757. The smallest absolute Gasteiger partial charge is 0.320 e. The van der Waals surface area contributed by atoms with Crippen molar-refractivity contribution in [3.05, 3.63) is 54.6 Å². The highest BCUT2D eigenvalue weighted by molar-refractivity contribution is 7.91. The number of urea groups is 1. The number of hydrogen-bond acceptors (Lipinski definition) is 11. The third-order valence-electron chi connectivity index (χ3n) is 6.39. The van der Waals surface area contributed by atoms with Crippen molar-refractivity contribution in [1.82, 2.24) is 24.8 Å². The molecule has 15 heteroatoms. The molecule has 4 N–H and O–H groups in total. The predicted octanol–water partition coefficient (Wildman–Crippen LogP) is 0.457. The number of amides is 2. The highest BCUT2D eigenvalue weighted by Gasteiger charge is 2.54. The second kappa shape index (κ2) is 12.0. The van der Waals surface area contributed by atoms with Gasteiger partial charge in [0, 0.05) is 6.54 Å². The first-order chi connectivity index (χ1) is 19.3. The summed E-state index contributed by atoms with van der Waals surface area (Å²) in [5.41, 5.74) is 1.56. The van der Waals surface area contributed by atoms with Gasteiger partial charge >= 0.3 is 6.03 Å². The van der Waals surface area contributed by atoms with E-state index in [4.69, 9.17) is 19.3 Å². The van der Waals surface area contributed by atoms with Crippen LogP contribution in [0.4, 0.5) is 10.6 Å². The van der Waals surface area contributed by atoms with Gasteiger partial charge in [-0.3, -0.25) is 9.88 Å². The molecule has 4 heterocycles. The Labute approximate surface area is 229 Å². The zero-order valence-electron chi connectivity index (χ0n) is 21.5. The molecule has 6 atom stereocenters. The number of ether oxygens (including phenoxy) is 3. The second-order valence-electron chi connectivity index (χ2n) is 9.35. The third kappa shape index (κ3) is 6.14. The first-order valence-corrected chi connectivity index (χ1v) is 14.5. The van der Waals surface area contributed by atoms with Crippen LogP contribution in [0.5, 0.6) is 0 Å². The van der Waals surface area contributed by atoms with E-state index in [2.05, 4.69) is 25.6 Å². The average Bonchev–Trinajstić information content (AvgIpc) is 3.63. The van der Waals surface area contributed by atoms with E-state index in [0.717, 1.165) is 5.56 Å². The van der Waals surface area contributed by atoms with E-state index in [1.165, 1.54) is 12.7 Å². The van der Waals surface area contributed by atoms with Crippen molar-refractivity contribution in [1.29, 1.82) is 0 Å². The van der Waals surface area contributed by atoms with E-state index in [9.17, 15) is 18.3 Å². The molecule has 2 fully saturated rings. The molecule has 2 aromatic heterocycles. The molecule has 2 aliphatic rings. The van der Waals surface area contributed by atoms with E-state index in [1.807, 2.05) is 36.4 Å². The highest BCUT2D eigenvalue weighted by atomic mass is 32.2. The molecule has 0 radical (unpaired) electrons. The Morgan fingerprint density at radius 3 is 2.67 bits per heavy atom. The normalized spacial score (nSPS) is 25.3. The van der Waals surface area contributed by atoms with Crippen molar-refractivity contribution in [2.24, 2.45) is 0 Å². The number of carbonyl (C=O) groups is 1. The van der Waals surface area contributed by atoms with Gasteiger partial charge in [-0.15, -0.1) is 0 Å². The van der Waals surface area contributed by atoms with Crippen LogP contribution >= 0.6 is 0 Å². The number of imidazole rings is 1. The van der Waals surface area contributed by atoms with Crippen LogP contribution in [0.1, 0.15) is 18.7 Å². The van der Waals surface area contributed by atoms with Gasteiger partial charge in [-0.25, -0.2) is 28.2 Å². The second-order valence-corrected chi connectivity index (χ2v) is 11.5. The monoisotopic (exact) mass is 574 g/mol. The van der Waals surface area contributed by atoms with Gasteiger partial charge in [0.1, 0.15) is 24.6 Å². The fourth-order valence-corrected chi connectivity index (χ4v) is 6.26. The van der Waals surface area contributed by atoms with Crippen LogP contribution in [0.2, 0.25) is 0 Å². The van der Waals surface area contributed by atoms with Crippen molar-refractivity contribution < 1.29 is 37.6 Å². The van der Waals surface area contributed by atoms with Crippen molar-refractivity contribution >= 4 is 38.9 Å². The van der Waals surface area contributed by atoms with Crippen molar-refractivity contribution in [2.75, 3.05) is 30.0 Å². The molecule has 1 aromatic carbocycles. The zero-order valence-corrected chi connectivity index (χ0v) is 22.3. The van der Waals surface area contributed by atoms with Gasteiger partial charge in [-0.1, -0.05) is 36.4 Å². The number of sulfone groups is 1. The molecule has 0 saturated carbocycles. The molecule has 0 aliphatic carbocycles. The first kappa shape index (κ1) is 28.1. The average molecular weight is 575 g/mol. The lowest BCUT2D eigenvalue weighted by molar-refractivity contribution is -0.120. The molecule has 14 nitrogen and oxygen atoms in total. The standard InChI is InChI=1S/C25H30N6O8S/c1-2-26-25(34)30-22-19-23(28-13-27-22)31(14-29-19)24-21-20(17(37-24)12-40(35,36)11-16(33)10-32)38-18(39-21)9-8-15-6-4-3-5-7-15/h3-9,13-14,16-18,20-21,24,32-33H,2,10-12H2,1H3,(H2,26,27,28,30,34)/b9-8+/t16?,17-,18+,20-,21-,24-/m1/s1. The number of hydrogen-bond donors (Lipinski definition) is 4. The quantitative estimate of drug-likeness (QED) is 0.263. The number of aromatic nitrogens is 4. The molecule has 5 rings (SSSR count). The Morgan fingerprint density at radius 1 is 1.15 bits per heavy atom. The number of fused-ring (bicyclic) bond motifs is 2. The maximum atomic E-state index is 12.8. The van der Waals surface area contributed by atoms with Crippen LogP contribution in [0.25, 0.3) is 17.2 Å². The summed E-state index contributed by atoms with van der Waals surface area (Å²) in [6.45, 7) is 1.52. The number of aliphatic hydroxyl groups excluding tert-OH is 2. The topological polar surface area (TPSA) is 187 Å². The number of rotatable bonds is 10. The van der Waals surface area contributed by atoms with Crippen molar-refractivity contribution in [2.45, 2.75) is 43.9 Å². The van der Waals surface area contributed by atoms with Gasteiger partial charge in [0.05, 0.1) is 30.5 Å². The molecule has 2 saturated heterocycles. The van der Waals surface area contributed by atoms with E-state index in [0.29, 0.717) is 17.7 Å². The van der Waals surface area contributed by atoms with Crippen LogP contribution in [0.15, 0.2) is 49.1 Å². The molecule has 2 amide bonds. The Hall–Kier alpha value is -3.47. The molecule has 3 aromatic rings. The lowest BCUT2D eigenvalue weighted by atomic mass is 10.1. The summed E-state index contributed by atoms with van der Waals surface area (Å²) in [6, 6.07) is 9.09. The van der Waals surface area contributed by atoms with Crippen LogP contribution in [0.3, 0.4) is 0 Å². The van der Waals surface area contributed by atoms with E-state index < -0.39 is 70.9 Å². The fraction of sp³-hybridized carbons (Fsp3) is 0.440. The maximum Gasteiger partial charge on any atom is 0.320 e. The largest absolute Gasteiger partial charge is 0.394 e. The summed E-state index contributed by atoms with van der Waals surface area (Å²) >= 11 is 0. The summed E-state index contributed by atoms with van der Waals surface area (Å²) in [4.78, 5) is 24.8. The lowest BCUT2D eigenvalue weighted by Gasteiger charge is -2.20. The minimum Gasteiger partial charge on any atom is -0.394 e. The van der Waals surface area contributed by atoms with Crippen LogP contribution in [0, 0.1) is 0 Å².